The van der Waals surface area contributed by atoms with Gasteiger partial charge in [-0.3, -0.25) is 14.9 Å². The van der Waals surface area contributed by atoms with Gasteiger partial charge in [0.05, 0.1) is 4.92 Å². The zero-order valence-electron chi connectivity index (χ0n) is 11.7. The molecule has 2 rings (SSSR count). The van der Waals surface area contributed by atoms with Gasteiger partial charge in [-0.05, 0) is 37.3 Å². The molecule has 0 aliphatic heterocycles. The summed E-state index contributed by atoms with van der Waals surface area (Å²) in [5.41, 5.74) is 0.415. The van der Waals surface area contributed by atoms with Crippen LogP contribution in [0.1, 0.15) is 6.92 Å². The molecule has 0 saturated heterocycles. The molecule has 0 saturated carbocycles. The Morgan fingerprint density at radius 1 is 1.27 bits per heavy atom. The van der Waals surface area contributed by atoms with Crippen LogP contribution in [-0.2, 0) is 4.79 Å². The Morgan fingerprint density at radius 3 is 2.55 bits per heavy atom. The molecule has 1 N–H and O–H groups in total. The predicted octanol–water partition coefficient (Wildman–Crippen LogP) is 3.65. The molecule has 2 aromatic rings. The van der Waals surface area contributed by atoms with E-state index in [-0.39, 0.29) is 11.6 Å². The third-order valence-electron chi connectivity index (χ3n) is 2.82. The SMILES string of the molecule is CC(Oc1cccc(Cl)c1)C(=O)Nc1ccc([N+](=O)[O-])cc1. The molecule has 114 valence electrons. The average Bonchev–Trinajstić information content (AvgIpc) is 2.47. The maximum absolute atomic E-state index is 12.0. The van der Waals surface area contributed by atoms with Crippen molar-refractivity contribution in [3.63, 3.8) is 0 Å². The summed E-state index contributed by atoms with van der Waals surface area (Å²) in [6, 6.07) is 12.3. The number of amides is 1. The molecule has 2 aromatic carbocycles. The van der Waals surface area contributed by atoms with Crippen LogP contribution in [-0.4, -0.2) is 16.9 Å². The van der Waals surface area contributed by atoms with Gasteiger partial charge in [0.1, 0.15) is 5.75 Å². The van der Waals surface area contributed by atoms with Crippen LogP contribution in [0.5, 0.6) is 5.75 Å². The molecule has 0 aliphatic rings. The quantitative estimate of drug-likeness (QED) is 0.673. The summed E-state index contributed by atoms with van der Waals surface area (Å²) in [5, 5.41) is 13.7. The van der Waals surface area contributed by atoms with Crippen molar-refractivity contribution in [1.29, 1.82) is 0 Å². The van der Waals surface area contributed by atoms with Crippen LogP contribution in [0.4, 0.5) is 11.4 Å². The number of anilines is 1. The number of ether oxygens (including phenoxy) is 1. The number of hydrogen-bond donors (Lipinski definition) is 1. The van der Waals surface area contributed by atoms with E-state index in [2.05, 4.69) is 5.32 Å². The minimum atomic E-state index is -0.742. The molecule has 1 amide bonds. The molecule has 22 heavy (non-hydrogen) atoms. The van der Waals surface area contributed by atoms with E-state index < -0.39 is 11.0 Å². The Morgan fingerprint density at radius 2 is 1.95 bits per heavy atom. The highest BCUT2D eigenvalue weighted by Crippen LogP contribution is 2.19. The molecule has 0 aromatic heterocycles. The molecular formula is C15H13ClN2O4. The van der Waals surface area contributed by atoms with Crippen LogP contribution in [0.25, 0.3) is 0 Å². The van der Waals surface area contributed by atoms with Crippen LogP contribution < -0.4 is 10.1 Å². The van der Waals surface area contributed by atoms with Crippen molar-refractivity contribution >= 4 is 28.9 Å². The van der Waals surface area contributed by atoms with Gasteiger partial charge in [0.15, 0.2) is 6.10 Å². The molecule has 1 unspecified atom stereocenters. The largest absolute Gasteiger partial charge is 0.481 e. The summed E-state index contributed by atoms with van der Waals surface area (Å²) >= 11 is 5.84. The van der Waals surface area contributed by atoms with E-state index in [0.717, 1.165) is 0 Å². The van der Waals surface area contributed by atoms with Crippen molar-refractivity contribution in [1.82, 2.24) is 0 Å². The Balaban J connectivity index is 1.97. The van der Waals surface area contributed by atoms with E-state index in [1.165, 1.54) is 24.3 Å². The van der Waals surface area contributed by atoms with Crippen LogP contribution in [0.2, 0.25) is 5.02 Å². The van der Waals surface area contributed by atoms with E-state index >= 15 is 0 Å². The first-order valence-corrected chi connectivity index (χ1v) is 6.81. The van der Waals surface area contributed by atoms with E-state index in [4.69, 9.17) is 16.3 Å². The number of nitro groups is 1. The smallest absolute Gasteiger partial charge is 0.269 e. The number of nitrogens with zero attached hydrogens (tertiary/aromatic N) is 1. The van der Waals surface area contributed by atoms with Crippen molar-refractivity contribution in [2.24, 2.45) is 0 Å². The number of non-ortho nitro benzene ring substituents is 1. The van der Waals surface area contributed by atoms with Gasteiger partial charge in [-0.15, -0.1) is 0 Å². The lowest BCUT2D eigenvalue weighted by atomic mass is 10.2. The van der Waals surface area contributed by atoms with Crippen LogP contribution in [0.3, 0.4) is 0 Å². The normalized spacial score (nSPS) is 11.5. The summed E-state index contributed by atoms with van der Waals surface area (Å²) in [5.74, 6) is 0.118. The first-order valence-electron chi connectivity index (χ1n) is 6.43. The second-order valence-electron chi connectivity index (χ2n) is 4.51. The van der Waals surface area contributed by atoms with E-state index in [1.807, 2.05) is 0 Å². The first-order chi connectivity index (χ1) is 10.5. The number of halogens is 1. The zero-order valence-corrected chi connectivity index (χ0v) is 12.4. The lowest BCUT2D eigenvalue weighted by Gasteiger charge is -2.14. The summed E-state index contributed by atoms with van der Waals surface area (Å²) in [7, 11) is 0. The van der Waals surface area contributed by atoms with Gasteiger partial charge in [0.2, 0.25) is 0 Å². The second kappa shape index (κ2) is 6.91. The lowest BCUT2D eigenvalue weighted by Crippen LogP contribution is -2.30. The van der Waals surface area contributed by atoms with Crippen molar-refractivity contribution in [2.75, 3.05) is 5.32 Å². The topological polar surface area (TPSA) is 81.5 Å². The number of benzene rings is 2. The lowest BCUT2D eigenvalue weighted by molar-refractivity contribution is -0.384. The molecule has 0 fully saturated rings. The standard InChI is InChI=1S/C15H13ClN2O4/c1-10(22-14-4-2-3-11(16)9-14)15(19)17-12-5-7-13(8-6-12)18(20)21/h2-10H,1H3,(H,17,19). The molecule has 0 bridgehead atoms. The van der Waals surface area contributed by atoms with Gasteiger partial charge in [0, 0.05) is 22.8 Å². The minimum Gasteiger partial charge on any atom is -0.481 e. The second-order valence-corrected chi connectivity index (χ2v) is 4.95. The highest BCUT2D eigenvalue weighted by Gasteiger charge is 2.15. The minimum absolute atomic E-state index is 0.0405. The summed E-state index contributed by atoms with van der Waals surface area (Å²) in [4.78, 5) is 22.1. The predicted molar refractivity (Wildman–Crippen MR) is 83.3 cm³/mol. The molecule has 6 nitrogen and oxygen atoms in total. The number of hydrogen-bond acceptors (Lipinski definition) is 4. The average molecular weight is 321 g/mol. The number of nitro benzene ring substituents is 1. The van der Waals surface area contributed by atoms with Crippen molar-refractivity contribution in [3.05, 3.63) is 63.7 Å². The molecule has 1 atom stereocenters. The summed E-state index contributed by atoms with van der Waals surface area (Å²) < 4.78 is 5.49. The van der Waals surface area contributed by atoms with Gasteiger partial charge in [-0.25, -0.2) is 0 Å². The number of nitrogens with one attached hydrogen (secondary N) is 1. The number of carbonyl (C=O) groups excluding carboxylic acids is 1. The van der Waals surface area contributed by atoms with Crippen molar-refractivity contribution in [3.8, 4) is 5.75 Å². The van der Waals surface area contributed by atoms with Crippen molar-refractivity contribution in [2.45, 2.75) is 13.0 Å². The number of carbonyl (C=O) groups is 1. The van der Waals surface area contributed by atoms with Gasteiger partial charge in [-0.1, -0.05) is 17.7 Å². The Kier molecular flexibility index (Phi) is 4.95. The fourth-order valence-corrected chi connectivity index (χ4v) is 1.89. The third kappa shape index (κ3) is 4.20. The monoisotopic (exact) mass is 320 g/mol. The molecule has 0 spiro atoms. The molecule has 0 aliphatic carbocycles. The van der Waals surface area contributed by atoms with E-state index in [1.54, 1.807) is 31.2 Å². The van der Waals surface area contributed by atoms with Crippen LogP contribution in [0.15, 0.2) is 48.5 Å². The fraction of sp³-hybridized carbons (Fsp3) is 0.133. The highest BCUT2D eigenvalue weighted by molar-refractivity contribution is 6.30. The Hall–Kier alpha value is -2.60. The van der Waals surface area contributed by atoms with Crippen LogP contribution >= 0.6 is 11.6 Å². The van der Waals surface area contributed by atoms with Crippen LogP contribution in [0, 0.1) is 10.1 Å². The van der Waals surface area contributed by atoms with Gasteiger partial charge >= 0.3 is 0 Å². The maximum atomic E-state index is 12.0. The zero-order chi connectivity index (χ0) is 16.1. The molecule has 0 radical (unpaired) electrons. The third-order valence-corrected chi connectivity index (χ3v) is 3.06. The summed E-state index contributed by atoms with van der Waals surface area (Å²) in [6.07, 6.45) is -0.742. The maximum Gasteiger partial charge on any atom is 0.269 e. The van der Waals surface area contributed by atoms with E-state index in [0.29, 0.717) is 16.5 Å². The van der Waals surface area contributed by atoms with Gasteiger partial charge in [-0.2, -0.15) is 0 Å². The fourth-order valence-electron chi connectivity index (χ4n) is 1.71. The molecular weight excluding hydrogens is 308 g/mol. The highest BCUT2D eigenvalue weighted by atomic mass is 35.5. The number of rotatable bonds is 5. The van der Waals surface area contributed by atoms with Gasteiger partial charge < -0.3 is 10.1 Å². The Bertz CT molecular complexity index is 688. The molecule has 7 heteroatoms. The van der Waals surface area contributed by atoms with E-state index in [9.17, 15) is 14.9 Å². The van der Waals surface area contributed by atoms with Crippen molar-refractivity contribution < 1.29 is 14.5 Å². The Labute approximate surface area is 131 Å². The molecule has 0 heterocycles. The summed E-state index contributed by atoms with van der Waals surface area (Å²) in [6.45, 7) is 1.60. The first kappa shape index (κ1) is 15.8. The van der Waals surface area contributed by atoms with Gasteiger partial charge in [0.25, 0.3) is 11.6 Å².